The Morgan fingerprint density at radius 3 is 2.59 bits per heavy atom. The van der Waals surface area contributed by atoms with E-state index in [1.54, 1.807) is 4.90 Å². The molecule has 0 radical (unpaired) electrons. The molecule has 8 nitrogen and oxygen atoms in total. The molecular weight excluding hydrogens is 580 g/mol. The Labute approximate surface area is 239 Å². The minimum atomic E-state index is -1.73. The van der Waals surface area contributed by atoms with Crippen LogP contribution >= 0.6 is 23.1 Å². The van der Waals surface area contributed by atoms with Crippen LogP contribution in [0.4, 0.5) is 28.4 Å². The van der Waals surface area contributed by atoms with Crippen molar-refractivity contribution in [3.63, 3.8) is 0 Å². The highest BCUT2D eigenvalue weighted by molar-refractivity contribution is 8.01. The average Bonchev–Trinajstić information content (AvgIpc) is 3.41. The Kier molecular flexibility index (Phi) is 7.83. The smallest absolute Gasteiger partial charge is 0.234 e. The average molecular weight is 601 g/mol. The van der Waals surface area contributed by atoms with Crippen molar-refractivity contribution in [2.24, 2.45) is 5.73 Å². The standard InChI is InChI=1S/C27H20F4N6O2S2/c1-12-5-2-3-6-13(12)20-14(10-32)25(33)37(17-7-4-8-18(38)21(17)20)26-35-36-27(41-26)40-11-19(39)34-24-22(30)15(28)9-16(29)23(24)31/h2-3,5-6,9,20H,4,7-8,11,33H2,1H3,(H,34,39). The summed E-state index contributed by atoms with van der Waals surface area (Å²) >= 11 is 1.88. The van der Waals surface area contributed by atoms with Crippen molar-refractivity contribution in [2.75, 3.05) is 16.0 Å². The summed E-state index contributed by atoms with van der Waals surface area (Å²) in [6, 6.07) is 9.70. The molecule has 3 aromatic rings. The van der Waals surface area contributed by atoms with Crippen molar-refractivity contribution in [1.82, 2.24) is 10.2 Å². The fourth-order valence-corrected chi connectivity index (χ4v) is 6.54. The third kappa shape index (κ3) is 5.18. The molecule has 2 heterocycles. The highest BCUT2D eigenvalue weighted by Crippen LogP contribution is 2.47. The van der Waals surface area contributed by atoms with Crippen LogP contribution in [0.2, 0.25) is 0 Å². The number of carbonyl (C=O) groups is 2. The van der Waals surface area contributed by atoms with Crippen LogP contribution in [0.15, 0.2) is 57.3 Å². The monoisotopic (exact) mass is 600 g/mol. The number of aryl methyl sites for hydroxylation is 1. The zero-order chi connectivity index (χ0) is 29.4. The summed E-state index contributed by atoms with van der Waals surface area (Å²) in [5, 5.41) is 20.4. The van der Waals surface area contributed by atoms with E-state index in [0.29, 0.717) is 30.5 Å². The summed E-state index contributed by atoms with van der Waals surface area (Å²) in [6.45, 7) is 1.90. The highest BCUT2D eigenvalue weighted by Gasteiger charge is 2.41. The number of carbonyl (C=O) groups excluding carboxylic acids is 2. The molecule has 0 saturated heterocycles. The van der Waals surface area contributed by atoms with Gasteiger partial charge in [0.2, 0.25) is 11.0 Å². The number of aromatic nitrogens is 2. The van der Waals surface area contributed by atoms with E-state index in [-0.39, 0.29) is 32.7 Å². The molecule has 0 bridgehead atoms. The van der Waals surface area contributed by atoms with E-state index in [1.807, 2.05) is 36.5 Å². The van der Waals surface area contributed by atoms with Gasteiger partial charge in [0.1, 0.15) is 11.5 Å². The van der Waals surface area contributed by atoms with Gasteiger partial charge in [-0.3, -0.25) is 14.5 Å². The second-order valence-corrected chi connectivity index (χ2v) is 11.4. The number of nitrogens with one attached hydrogen (secondary N) is 1. The molecule has 0 saturated carbocycles. The predicted octanol–water partition coefficient (Wildman–Crippen LogP) is 5.44. The molecule has 14 heteroatoms. The van der Waals surface area contributed by atoms with E-state index in [9.17, 15) is 32.4 Å². The van der Waals surface area contributed by atoms with Crippen molar-refractivity contribution in [3.05, 3.63) is 87.4 Å². The topological polar surface area (TPSA) is 125 Å². The second-order valence-electron chi connectivity index (χ2n) is 9.20. The number of nitrogens with zero attached hydrogens (tertiary/aromatic N) is 4. The molecular formula is C27H20F4N6O2S2. The van der Waals surface area contributed by atoms with E-state index in [0.717, 1.165) is 34.2 Å². The molecule has 1 aromatic heterocycles. The van der Waals surface area contributed by atoms with E-state index in [2.05, 4.69) is 16.3 Å². The fraction of sp³-hybridized carbons (Fsp3) is 0.222. The number of Topliss-reactive ketones (excluding diaryl/α,β-unsaturated/α-hetero) is 1. The summed E-state index contributed by atoms with van der Waals surface area (Å²) in [5.41, 5.74) is 8.32. The van der Waals surface area contributed by atoms with Crippen molar-refractivity contribution >= 4 is 45.6 Å². The lowest BCUT2D eigenvalue weighted by Gasteiger charge is -2.38. The van der Waals surface area contributed by atoms with Gasteiger partial charge in [0.15, 0.2) is 33.4 Å². The number of hydrogen-bond acceptors (Lipinski definition) is 9. The molecule has 1 aliphatic heterocycles. The number of hydrogen-bond donors (Lipinski definition) is 2. The number of halogens is 4. The molecule has 3 N–H and O–H groups in total. The maximum Gasteiger partial charge on any atom is 0.234 e. The number of nitrogens with two attached hydrogens (primary N) is 1. The van der Waals surface area contributed by atoms with E-state index < -0.39 is 46.5 Å². The van der Waals surface area contributed by atoms with Gasteiger partial charge < -0.3 is 11.1 Å². The molecule has 0 fully saturated rings. The van der Waals surface area contributed by atoms with Crippen molar-refractivity contribution < 1.29 is 27.2 Å². The number of rotatable bonds is 6. The predicted molar refractivity (Wildman–Crippen MR) is 145 cm³/mol. The van der Waals surface area contributed by atoms with Gasteiger partial charge in [-0.1, -0.05) is 47.4 Å². The van der Waals surface area contributed by atoms with Gasteiger partial charge in [0.25, 0.3) is 0 Å². The van der Waals surface area contributed by atoms with Crippen LogP contribution in [0.1, 0.15) is 36.3 Å². The Hall–Kier alpha value is -4.22. The lowest BCUT2D eigenvalue weighted by atomic mass is 9.75. The Morgan fingerprint density at radius 1 is 1.20 bits per heavy atom. The van der Waals surface area contributed by atoms with Gasteiger partial charge in [0, 0.05) is 23.8 Å². The van der Waals surface area contributed by atoms with Crippen molar-refractivity contribution in [3.8, 4) is 6.07 Å². The van der Waals surface area contributed by atoms with Gasteiger partial charge in [-0.15, -0.1) is 10.2 Å². The Bertz CT molecular complexity index is 1670. The first kappa shape index (κ1) is 28.3. The molecule has 1 amide bonds. The number of benzene rings is 2. The van der Waals surface area contributed by atoms with Crippen LogP contribution in [-0.2, 0) is 9.59 Å². The minimum Gasteiger partial charge on any atom is -0.384 e. The Balaban J connectivity index is 1.42. The molecule has 210 valence electrons. The van der Waals surface area contributed by atoms with Crippen molar-refractivity contribution in [2.45, 2.75) is 36.4 Å². The van der Waals surface area contributed by atoms with Gasteiger partial charge in [0.05, 0.1) is 23.3 Å². The molecule has 1 aliphatic carbocycles. The summed E-state index contributed by atoms with van der Waals surface area (Å²) in [5.74, 6) is -8.71. The summed E-state index contributed by atoms with van der Waals surface area (Å²) < 4.78 is 55.0. The molecule has 41 heavy (non-hydrogen) atoms. The zero-order valence-electron chi connectivity index (χ0n) is 21.3. The molecule has 0 spiro atoms. The van der Waals surface area contributed by atoms with Gasteiger partial charge in [-0.2, -0.15) is 5.26 Å². The third-order valence-electron chi connectivity index (χ3n) is 6.70. The lowest BCUT2D eigenvalue weighted by Crippen LogP contribution is -2.38. The molecule has 1 unspecified atom stereocenters. The summed E-state index contributed by atoms with van der Waals surface area (Å²) in [6.07, 6.45) is 1.42. The van der Waals surface area contributed by atoms with Gasteiger partial charge >= 0.3 is 0 Å². The molecule has 2 aromatic carbocycles. The largest absolute Gasteiger partial charge is 0.384 e. The molecule has 1 atom stereocenters. The fourth-order valence-electron chi connectivity index (χ4n) is 4.86. The summed E-state index contributed by atoms with van der Waals surface area (Å²) in [4.78, 5) is 27.1. The number of anilines is 2. The van der Waals surface area contributed by atoms with Crippen molar-refractivity contribution in [1.29, 1.82) is 5.26 Å². The van der Waals surface area contributed by atoms with Crippen LogP contribution in [0.5, 0.6) is 0 Å². The first-order chi connectivity index (χ1) is 19.6. The van der Waals surface area contributed by atoms with Gasteiger partial charge in [-0.05, 0) is 30.9 Å². The molecule has 5 rings (SSSR count). The number of ketones is 1. The summed E-state index contributed by atoms with van der Waals surface area (Å²) in [7, 11) is 0. The van der Waals surface area contributed by atoms with Crippen LogP contribution < -0.4 is 16.0 Å². The minimum absolute atomic E-state index is 0.0419. The normalized spacial score (nSPS) is 17.0. The van der Waals surface area contributed by atoms with E-state index in [4.69, 9.17) is 5.73 Å². The maximum absolute atomic E-state index is 13.9. The van der Waals surface area contributed by atoms with E-state index >= 15 is 0 Å². The first-order valence-electron chi connectivity index (χ1n) is 12.2. The highest BCUT2D eigenvalue weighted by atomic mass is 32.2. The van der Waals surface area contributed by atoms with Crippen LogP contribution in [0.3, 0.4) is 0 Å². The van der Waals surface area contributed by atoms with Crippen LogP contribution in [-0.4, -0.2) is 27.6 Å². The van der Waals surface area contributed by atoms with E-state index in [1.165, 1.54) is 0 Å². The van der Waals surface area contributed by atoms with Gasteiger partial charge in [-0.25, -0.2) is 17.6 Å². The maximum atomic E-state index is 13.9. The second kappa shape index (κ2) is 11.3. The number of amides is 1. The number of thioether (sulfide) groups is 1. The number of allylic oxidation sites excluding steroid dienone is 3. The molecule has 2 aliphatic rings. The zero-order valence-corrected chi connectivity index (χ0v) is 22.9. The lowest BCUT2D eigenvalue weighted by molar-refractivity contribution is -0.116. The SMILES string of the molecule is Cc1ccccc1C1C(C#N)=C(N)N(c2nnc(SCC(=O)Nc3c(F)c(F)cc(F)c3F)s2)C2=C1C(=O)CCC2. The van der Waals surface area contributed by atoms with Crippen LogP contribution in [0, 0.1) is 41.5 Å². The Morgan fingerprint density at radius 2 is 1.90 bits per heavy atom. The number of nitriles is 1. The van der Waals surface area contributed by atoms with Crippen LogP contribution in [0.25, 0.3) is 0 Å². The quantitative estimate of drug-likeness (QED) is 0.218. The first-order valence-corrected chi connectivity index (χ1v) is 14.0. The third-order valence-corrected chi connectivity index (χ3v) is 8.74.